The average Bonchev–Trinajstić information content (AvgIpc) is 2.99. The molecule has 1 atom stereocenters. The Labute approximate surface area is 118 Å². The number of nitrogens with one attached hydrogen (secondary N) is 1. The van der Waals surface area contributed by atoms with Gasteiger partial charge in [0.15, 0.2) is 0 Å². The first-order valence-electron chi connectivity index (χ1n) is 7.18. The largest absolute Gasteiger partial charge is 0.490 e. The Morgan fingerprint density at radius 3 is 3.10 bits per heavy atom. The molecule has 0 radical (unpaired) electrons. The van der Waals surface area contributed by atoms with Gasteiger partial charge in [0.1, 0.15) is 12.4 Å². The second-order valence-electron chi connectivity index (χ2n) is 5.18. The first kappa shape index (κ1) is 13.2. The van der Waals surface area contributed by atoms with Gasteiger partial charge in [-0.25, -0.2) is 0 Å². The molecule has 5 nitrogen and oxygen atoms in total. The van der Waals surface area contributed by atoms with Gasteiger partial charge in [-0.2, -0.15) is 0 Å². The highest BCUT2D eigenvalue weighted by Gasteiger charge is 2.21. The van der Waals surface area contributed by atoms with Crippen LogP contribution < -0.4 is 15.0 Å². The highest BCUT2D eigenvalue weighted by molar-refractivity contribution is 5.82. The molecule has 1 saturated heterocycles. The lowest BCUT2D eigenvalue weighted by atomic mass is 10.2. The number of hydrogen-bond donors (Lipinski definition) is 1. The van der Waals surface area contributed by atoms with Crippen molar-refractivity contribution in [2.75, 3.05) is 37.7 Å². The fraction of sp³-hybridized carbons (Fsp3) is 0.533. The number of anilines is 1. The Bertz CT molecular complexity index is 472. The lowest BCUT2D eigenvalue weighted by Crippen LogP contribution is -2.43. The summed E-state index contributed by atoms with van der Waals surface area (Å²) in [5.74, 6) is 0.892. The molecule has 2 heterocycles. The molecule has 0 aromatic heterocycles. The van der Waals surface area contributed by atoms with Crippen molar-refractivity contribution in [2.24, 2.45) is 0 Å². The minimum absolute atomic E-state index is 0.0391. The number of fused-ring (bicyclic) bond motifs is 1. The van der Waals surface area contributed by atoms with E-state index in [-0.39, 0.29) is 12.0 Å². The van der Waals surface area contributed by atoms with Crippen molar-refractivity contribution in [1.29, 1.82) is 0 Å². The molecule has 3 rings (SSSR count). The van der Waals surface area contributed by atoms with Crippen molar-refractivity contribution >= 4 is 11.6 Å². The van der Waals surface area contributed by atoms with Crippen LogP contribution in [0.1, 0.15) is 12.8 Å². The van der Waals surface area contributed by atoms with Crippen LogP contribution in [0.5, 0.6) is 5.75 Å². The molecular weight excluding hydrogens is 256 g/mol. The lowest BCUT2D eigenvalue weighted by Gasteiger charge is -2.30. The van der Waals surface area contributed by atoms with E-state index in [1.165, 1.54) is 0 Å². The number of ether oxygens (including phenoxy) is 2. The number of para-hydroxylation sites is 2. The third-order valence-electron chi connectivity index (χ3n) is 3.71. The zero-order chi connectivity index (χ0) is 13.8. The van der Waals surface area contributed by atoms with Gasteiger partial charge in [-0.3, -0.25) is 4.79 Å². The van der Waals surface area contributed by atoms with E-state index in [1.807, 2.05) is 24.3 Å². The van der Waals surface area contributed by atoms with Crippen LogP contribution in [0.25, 0.3) is 0 Å². The first-order chi connectivity index (χ1) is 9.83. The molecule has 1 unspecified atom stereocenters. The smallest absolute Gasteiger partial charge is 0.239 e. The fourth-order valence-electron chi connectivity index (χ4n) is 2.65. The van der Waals surface area contributed by atoms with Gasteiger partial charge in [0.2, 0.25) is 5.91 Å². The number of rotatable bonds is 4. The van der Waals surface area contributed by atoms with E-state index >= 15 is 0 Å². The minimum Gasteiger partial charge on any atom is -0.490 e. The molecule has 1 aromatic rings. The van der Waals surface area contributed by atoms with Gasteiger partial charge in [0.25, 0.3) is 0 Å². The highest BCUT2D eigenvalue weighted by atomic mass is 16.5. The second kappa shape index (κ2) is 6.13. The van der Waals surface area contributed by atoms with Crippen molar-refractivity contribution < 1.29 is 14.3 Å². The van der Waals surface area contributed by atoms with Crippen LogP contribution >= 0.6 is 0 Å². The number of nitrogens with zero attached hydrogens (tertiary/aromatic N) is 1. The molecular formula is C15H20N2O3. The monoisotopic (exact) mass is 276 g/mol. The maximum atomic E-state index is 12.0. The summed E-state index contributed by atoms with van der Waals surface area (Å²) in [7, 11) is 0. The van der Waals surface area contributed by atoms with E-state index in [2.05, 4.69) is 10.2 Å². The quantitative estimate of drug-likeness (QED) is 0.897. The van der Waals surface area contributed by atoms with Crippen LogP contribution in [0.15, 0.2) is 24.3 Å². The third-order valence-corrected chi connectivity index (χ3v) is 3.71. The topological polar surface area (TPSA) is 50.8 Å². The molecule has 1 amide bonds. The Kier molecular flexibility index (Phi) is 4.06. The van der Waals surface area contributed by atoms with Crippen molar-refractivity contribution in [1.82, 2.24) is 5.32 Å². The maximum Gasteiger partial charge on any atom is 0.239 e. The number of amides is 1. The summed E-state index contributed by atoms with van der Waals surface area (Å²) in [6, 6.07) is 7.83. The summed E-state index contributed by atoms with van der Waals surface area (Å²) in [5.41, 5.74) is 0.992. The van der Waals surface area contributed by atoms with Crippen LogP contribution in [0.3, 0.4) is 0 Å². The van der Waals surface area contributed by atoms with E-state index < -0.39 is 0 Å². The van der Waals surface area contributed by atoms with Gasteiger partial charge in [-0.1, -0.05) is 12.1 Å². The zero-order valence-electron chi connectivity index (χ0n) is 11.5. The van der Waals surface area contributed by atoms with Crippen LogP contribution in [0, 0.1) is 0 Å². The van der Waals surface area contributed by atoms with Gasteiger partial charge < -0.3 is 19.7 Å². The summed E-state index contributed by atoms with van der Waals surface area (Å²) in [6.07, 6.45) is 2.33. The standard InChI is InChI=1S/C15H20N2O3/c18-15(16-10-12-4-3-8-19-12)11-17-7-9-20-14-6-2-1-5-13(14)17/h1-2,5-6,12H,3-4,7-11H2,(H,16,18). The SMILES string of the molecule is O=C(CN1CCOc2ccccc21)NCC1CCCO1. The Morgan fingerprint density at radius 1 is 1.35 bits per heavy atom. The van der Waals surface area contributed by atoms with Gasteiger partial charge in [0.05, 0.1) is 24.9 Å². The second-order valence-corrected chi connectivity index (χ2v) is 5.18. The Balaban J connectivity index is 1.54. The Hall–Kier alpha value is -1.75. The number of carbonyl (C=O) groups excluding carboxylic acids is 1. The van der Waals surface area contributed by atoms with Crippen LogP contribution in [-0.4, -0.2) is 44.9 Å². The maximum absolute atomic E-state index is 12.0. The van der Waals surface area contributed by atoms with E-state index in [4.69, 9.17) is 9.47 Å². The molecule has 1 N–H and O–H groups in total. The van der Waals surface area contributed by atoms with Gasteiger partial charge in [-0.05, 0) is 25.0 Å². The highest BCUT2D eigenvalue weighted by Crippen LogP contribution is 2.30. The van der Waals surface area contributed by atoms with Crippen molar-refractivity contribution in [2.45, 2.75) is 18.9 Å². The molecule has 1 fully saturated rings. The number of carbonyl (C=O) groups is 1. The molecule has 2 aliphatic heterocycles. The summed E-state index contributed by atoms with van der Waals surface area (Å²) < 4.78 is 11.1. The van der Waals surface area contributed by atoms with Crippen molar-refractivity contribution in [3.05, 3.63) is 24.3 Å². The molecule has 2 aliphatic rings. The van der Waals surface area contributed by atoms with Gasteiger partial charge >= 0.3 is 0 Å². The molecule has 0 saturated carbocycles. The molecule has 5 heteroatoms. The lowest BCUT2D eigenvalue weighted by molar-refractivity contribution is -0.120. The zero-order valence-corrected chi connectivity index (χ0v) is 11.5. The molecule has 108 valence electrons. The van der Waals surface area contributed by atoms with E-state index in [1.54, 1.807) is 0 Å². The van der Waals surface area contributed by atoms with Gasteiger partial charge in [-0.15, -0.1) is 0 Å². The Morgan fingerprint density at radius 2 is 2.25 bits per heavy atom. The molecule has 0 bridgehead atoms. The fourth-order valence-corrected chi connectivity index (χ4v) is 2.65. The van der Waals surface area contributed by atoms with Crippen LogP contribution in [-0.2, 0) is 9.53 Å². The van der Waals surface area contributed by atoms with E-state index in [0.29, 0.717) is 19.7 Å². The minimum atomic E-state index is 0.0391. The molecule has 0 spiro atoms. The predicted molar refractivity (Wildman–Crippen MR) is 76.1 cm³/mol. The third kappa shape index (κ3) is 3.04. The number of hydrogen-bond acceptors (Lipinski definition) is 4. The summed E-state index contributed by atoms with van der Waals surface area (Å²) >= 11 is 0. The molecule has 20 heavy (non-hydrogen) atoms. The van der Waals surface area contributed by atoms with Crippen molar-refractivity contribution in [3.8, 4) is 5.75 Å². The molecule has 1 aromatic carbocycles. The van der Waals surface area contributed by atoms with Crippen LogP contribution in [0.2, 0.25) is 0 Å². The summed E-state index contributed by atoms with van der Waals surface area (Å²) in [6.45, 7) is 3.16. The molecule has 0 aliphatic carbocycles. The first-order valence-corrected chi connectivity index (χ1v) is 7.18. The predicted octanol–water partition coefficient (Wildman–Crippen LogP) is 1.18. The van der Waals surface area contributed by atoms with Crippen LogP contribution in [0.4, 0.5) is 5.69 Å². The summed E-state index contributed by atoms with van der Waals surface area (Å²) in [4.78, 5) is 14.1. The van der Waals surface area contributed by atoms with E-state index in [0.717, 1.165) is 37.4 Å². The summed E-state index contributed by atoms with van der Waals surface area (Å²) in [5, 5.41) is 2.96. The van der Waals surface area contributed by atoms with E-state index in [9.17, 15) is 4.79 Å². The average molecular weight is 276 g/mol. The number of benzene rings is 1. The normalized spacial score (nSPS) is 21.2. The van der Waals surface area contributed by atoms with Gasteiger partial charge in [0, 0.05) is 13.2 Å². The van der Waals surface area contributed by atoms with Crippen molar-refractivity contribution in [3.63, 3.8) is 0 Å².